The fourth-order valence-corrected chi connectivity index (χ4v) is 3.20. The highest BCUT2D eigenvalue weighted by Gasteiger charge is 2.12. The van der Waals surface area contributed by atoms with E-state index in [1.54, 1.807) is 17.5 Å². The van der Waals surface area contributed by atoms with Gasteiger partial charge in [0.05, 0.1) is 11.4 Å². The highest BCUT2D eigenvalue weighted by molar-refractivity contribution is 9.10. The molecule has 1 atom stereocenters. The smallest absolute Gasteiger partial charge is 0.240 e. The second-order valence-corrected chi connectivity index (χ2v) is 6.36. The third-order valence-corrected chi connectivity index (χ3v) is 4.69. The van der Waals surface area contributed by atoms with Crippen molar-refractivity contribution < 1.29 is 4.52 Å². The Bertz CT molecular complexity index is 713. The summed E-state index contributed by atoms with van der Waals surface area (Å²) in [5, 5.41) is 9.34. The van der Waals surface area contributed by atoms with Gasteiger partial charge >= 0.3 is 0 Å². The van der Waals surface area contributed by atoms with Crippen molar-refractivity contribution in [2.45, 2.75) is 19.5 Å². The molecular weight excluding hydrogens is 352 g/mol. The second-order valence-electron chi connectivity index (χ2n) is 4.53. The highest BCUT2D eigenvalue weighted by Crippen LogP contribution is 2.27. The molecule has 0 spiro atoms. The van der Waals surface area contributed by atoms with Crippen molar-refractivity contribution in [1.82, 2.24) is 20.4 Å². The van der Waals surface area contributed by atoms with Crippen LogP contribution in [0.3, 0.4) is 0 Å². The van der Waals surface area contributed by atoms with E-state index in [-0.39, 0.29) is 6.04 Å². The normalized spacial score (nSPS) is 12.5. The summed E-state index contributed by atoms with van der Waals surface area (Å²) in [5.41, 5.74) is 1.12. The molecule has 5 nitrogen and oxygen atoms in total. The molecule has 0 aliphatic rings. The molecule has 0 radical (unpaired) electrons. The van der Waals surface area contributed by atoms with E-state index in [0.29, 0.717) is 18.3 Å². The number of nitrogens with one attached hydrogen (secondary N) is 1. The summed E-state index contributed by atoms with van der Waals surface area (Å²) in [6, 6.07) is 6.11. The molecule has 1 N–H and O–H groups in total. The summed E-state index contributed by atoms with van der Waals surface area (Å²) in [4.78, 5) is 9.49. The van der Waals surface area contributed by atoms with Crippen LogP contribution in [0.1, 0.15) is 24.4 Å². The lowest BCUT2D eigenvalue weighted by molar-refractivity contribution is 0.360. The number of hydrogen-bond donors (Lipinski definition) is 1. The minimum atomic E-state index is 0.171. The molecule has 21 heavy (non-hydrogen) atoms. The fraction of sp³-hybridized carbons (Fsp3) is 0.214. The van der Waals surface area contributed by atoms with Crippen molar-refractivity contribution in [3.63, 3.8) is 0 Å². The third kappa shape index (κ3) is 3.55. The SMILES string of the molecule is C[C@H](NCc1nc(-c2cc(Br)cs2)no1)c1cccnc1. The zero-order valence-electron chi connectivity index (χ0n) is 11.3. The van der Waals surface area contributed by atoms with E-state index in [1.807, 2.05) is 29.8 Å². The molecule has 0 bridgehead atoms. The maximum Gasteiger partial charge on any atom is 0.240 e. The lowest BCUT2D eigenvalue weighted by atomic mass is 10.1. The van der Waals surface area contributed by atoms with Gasteiger partial charge in [-0.3, -0.25) is 4.98 Å². The maximum absolute atomic E-state index is 5.27. The van der Waals surface area contributed by atoms with E-state index in [1.165, 1.54) is 0 Å². The van der Waals surface area contributed by atoms with Crippen molar-refractivity contribution in [2.75, 3.05) is 0 Å². The third-order valence-electron chi connectivity index (χ3n) is 3.00. The Hall–Kier alpha value is -1.57. The number of thiophene rings is 1. The van der Waals surface area contributed by atoms with Gasteiger partial charge in [0.15, 0.2) is 0 Å². The maximum atomic E-state index is 5.27. The van der Waals surface area contributed by atoms with Crippen LogP contribution in [0.15, 0.2) is 45.0 Å². The van der Waals surface area contributed by atoms with Crippen LogP contribution >= 0.6 is 27.3 Å². The number of aromatic nitrogens is 3. The second kappa shape index (κ2) is 6.46. The molecular formula is C14H13BrN4OS. The summed E-state index contributed by atoms with van der Waals surface area (Å²) >= 11 is 4.99. The standard InChI is InChI=1S/C14H13BrN4OS/c1-9(10-3-2-4-16-6-10)17-7-13-18-14(19-20-13)12-5-11(15)8-21-12/h2-6,8-9,17H,7H2,1H3/t9-/m0/s1. The molecule has 0 saturated heterocycles. The molecule has 3 aromatic heterocycles. The molecule has 3 rings (SSSR count). The monoisotopic (exact) mass is 364 g/mol. The molecule has 7 heteroatoms. The van der Waals surface area contributed by atoms with Gasteiger partial charge in [-0.2, -0.15) is 4.98 Å². The molecule has 3 heterocycles. The Morgan fingerprint density at radius 2 is 2.38 bits per heavy atom. The summed E-state index contributed by atoms with van der Waals surface area (Å²) in [6.07, 6.45) is 3.61. The predicted molar refractivity (Wildman–Crippen MR) is 84.8 cm³/mol. The van der Waals surface area contributed by atoms with Gasteiger partial charge in [-0.1, -0.05) is 11.2 Å². The predicted octanol–water partition coefficient (Wildman–Crippen LogP) is 3.81. The van der Waals surface area contributed by atoms with Crippen molar-refractivity contribution in [3.05, 3.63) is 51.9 Å². The van der Waals surface area contributed by atoms with Gasteiger partial charge in [-0.15, -0.1) is 11.3 Å². The lowest BCUT2D eigenvalue weighted by Crippen LogP contribution is -2.18. The summed E-state index contributed by atoms with van der Waals surface area (Å²) in [6.45, 7) is 2.60. The first kappa shape index (κ1) is 14.4. The number of hydrogen-bond acceptors (Lipinski definition) is 6. The van der Waals surface area contributed by atoms with Crippen LogP contribution < -0.4 is 5.32 Å². The Labute approximate surface area is 134 Å². The molecule has 108 valence electrons. The Morgan fingerprint density at radius 3 is 3.10 bits per heavy atom. The lowest BCUT2D eigenvalue weighted by Gasteiger charge is -2.11. The van der Waals surface area contributed by atoms with Crippen LogP contribution in [0.25, 0.3) is 10.7 Å². The van der Waals surface area contributed by atoms with Gasteiger partial charge in [0.2, 0.25) is 11.7 Å². The molecule has 0 fully saturated rings. The molecule has 0 amide bonds. The van der Waals surface area contributed by atoms with Crippen molar-refractivity contribution in [3.8, 4) is 10.7 Å². The zero-order chi connectivity index (χ0) is 14.7. The van der Waals surface area contributed by atoms with Crippen molar-refractivity contribution >= 4 is 27.3 Å². The van der Waals surface area contributed by atoms with Crippen LogP contribution in [-0.4, -0.2) is 15.1 Å². The van der Waals surface area contributed by atoms with Gasteiger partial charge in [0.1, 0.15) is 0 Å². The summed E-state index contributed by atoms with van der Waals surface area (Å²) in [7, 11) is 0. The Morgan fingerprint density at radius 1 is 1.48 bits per heavy atom. The van der Waals surface area contributed by atoms with E-state index in [2.05, 4.69) is 43.3 Å². The molecule has 0 aliphatic heterocycles. The van der Waals surface area contributed by atoms with Gasteiger partial charge < -0.3 is 9.84 Å². The highest BCUT2D eigenvalue weighted by atomic mass is 79.9. The largest absolute Gasteiger partial charge is 0.338 e. The van der Waals surface area contributed by atoms with E-state index < -0.39 is 0 Å². The minimum Gasteiger partial charge on any atom is -0.338 e. The first-order valence-corrected chi connectivity index (χ1v) is 8.10. The van der Waals surface area contributed by atoms with E-state index >= 15 is 0 Å². The Balaban J connectivity index is 1.63. The molecule has 0 aromatic carbocycles. The van der Waals surface area contributed by atoms with Crippen molar-refractivity contribution in [1.29, 1.82) is 0 Å². The first-order valence-electron chi connectivity index (χ1n) is 6.42. The average molecular weight is 365 g/mol. The molecule has 3 aromatic rings. The van der Waals surface area contributed by atoms with Crippen LogP contribution in [0.4, 0.5) is 0 Å². The quantitative estimate of drug-likeness (QED) is 0.745. The molecule has 0 aliphatic carbocycles. The van der Waals surface area contributed by atoms with E-state index in [0.717, 1.165) is 14.9 Å². The number of nitrogens with zero attached hydrogens (tertiary/aromatic N) is 3. The average Bonchev–Trinajstić information content (AvgIpc) is 3.14. The van der Waals surface area contributed by atoms with Gasteiger partial charge in [0, 0.05) is 28.3 Å². The minimum absolute atomic E-state index is 0.171. The fourth-order valence-electron chi connectivity index (χ4n) is 1.85. The van der Waals surface area contributed by atoms with Crippen LogP contribution in [-0.2, 0) is 6.54 Å². The summed E-state index contributed by atoms with van der Waals surface area (Å²) in [5.74, 6) is 1.20. The van der Waals surface area contributed by atoms with Gasteiger partial charge in [-0.05, 0) is 40.5 Å². The van der Waals surface area contributed by atoms with Gasteiger partial charge in [0.25, 0.3) is 0 Å². The van der Waals surface area contributed by atoms with Gasteiger partial charge in [-0.25, -0.2) is 0 Å². The van der Waals surface area contributed by atoms with E-state index in [9.17, 15) is 0 Å². The van der Waals surface area contributed by atoms with Crippen LogP contribution in [0.2, 0.25) is 0 Å². The topological polar surface area (TPSA) is 63.8 Å². The number of halogens is 1. The number of pyridine rings is 1. The molecule has 0 saturated carbocycles. The van der Waals surface area contributed by atoms with E-state index in [4.69, 9.17) is 4.52 Å². The number of rotatable bonds is 5. The molecule has 0 unspecified atom stereocenters. The first-order chi connectivity index (χ1) is 10.2. The van der Waals surface area contributed by atoms with Crippen LogP contribution in [0, 0.1) is 0 Å². The summed E-state index contributed by atoms with van der Waals surface area (Å²) < 4.78 is 6.29. The zero-order valence-corrected chi connectivity index (χ0v) is 13.7. The van der Waals surface area contributed by atoms with Crippen molar-refractivity contribution in [2.24, 2.45) is 0 Å². The Kier molecular flexibility index (Phi) is 4.42. The van der Waals surface area contributed by atoms with Crippen LogP contribution in [0.5, 0.6) is 0 Å².